The highest BCUT2D eigenvalue weighted by atomic mass is 35.5. The third kappa shape index (κ3) is 4.73. The van der Waals surface area contributed by atoms with E-state index in [-0.39, 0.29) is 5.91 Å². The van der Waals surface area contributed by atoms with Crippen LogP contribution in [0.1, 0.15) is 37.7 Å². The summed E-state index contributed by atoms with van der Waals surface area (Å²) >= 11 is 7.83. The molecule has 4 heteroatoms. The first-order valence-corrected chi connectivity index (χ1v) is 8.25. The highest BCUT2D eigenvalue weighted by molar-refractivity contribution is 8.00. The molecule has 0 saturated heterocycles. The summed E-state index contributed by atoms with van der Waals surface area (Å²) < 4.78 is 0. The van der Waals surface area contributed by atoms with Crippen LogP contribution in [0.25, 0.3) is 0 Å². The molecule has 1 amide bonds. The SMILES string of the molecule is Cc1ccc(NC(=O)CSC2CCCCC2)cc1Cl. The van der Waals surface area contributed by atoms with Gasteiger partial charge >= 0.3 is 0 Å². The zero-order chi connectivity index (χ0) is 13.7. The van der Waals surface area contributed by atoms with Crippen molar-refractivity contribution in [2.24, 2.45) is 0 Å². The van der Waals surface area contributed by atoms with Crippen molar-refractivity contribution in [2.75, 3.05) is 11.1 Å². The quantitative estimate of drug-likeness (QED) is 0.876. The molecule has 0 heterocycles. The topological polar surface area (TPSA) is 29.1 Å². The number of halogens is 1. The molecule has 0 aliphatic heterocycles. The van der Waals surface area contributed by atoms with Crippen molar-refractivity contribution in [3.8, 4) is 0 Å². The number of thioether (sulfide) groups is 1. The maximum atomic E-state index is 11.9. The predicted molar refractivity (Wildman–Crippen MR) is 84.1 cm³/mol. The molecule has 104 valence electrons. The van der Waals surface area contributed by atoms with Crippen LogP contribution in [0.2, 0.25) is 5.02 Å². The van der Waals surface area contributed by atoms with E-state index in [4.69, 9.17) is 11.6 Å². The predicted octanol–water partition coefficient (Wildman–Crippen LogP) is 4.65. The van der Waals surface area contributed by atoms with E-state index in [1.807, 2.05) is 19.1 Å². The first-order chi connectivity index (χ1) is 9.15. The van der Waals surface area contributed by atoms with Gasteiger partial charge in [-0.2, -0.15) is 0 Å². The third-order valence-electron chi connectivity index (χ3n) is 3.46. The second-order valence-electron chi connectivity index (χ2n) is 5.08. The van der Waals surface area contributed by atoms with Crippen molar-refractivity contribution in [2.45, 2.75) is 44.3 Å². The van der Waals surface area contributed by atoms with Crippen LogP contribution in [-0.2, 0) is 4.79 Å². The lowest BCUT2D eigenvalue weighted by Gasteiger charge is -2.20. The molecule has 2 nitrogen and oxygen atoms in total. The lowest BCUT2D eigenvalue weighted by Crippen LogP contribution is -2.17. The van der Waals surface area contributed by atoms with E-state index in [9.17, 15) is 4.79 Å². The van der Waals surface area contributed by atoms with Crippen LogP contribution in [0, 0.1) is 6.92 Å². The summed E-state index contributed by atoms with van der Waals surface area (Å²) in [5.41, 5.74) is 1.81. The van der Waals surface area contributed by atoms with Gasteiger partial charge in [-0.3, -0.25) is 4.79 Å². The fourth-order valence-corrected chi connectivity index (χ4v) is 3.60. The number of carbonyl (C=O) groups is 1. The first-order valence-electron chi connectivity index (χ1n) is 6.83. The van der Waals surface area contributed by atoms with Crippen molar-refractivity contribution >= 4 is 35.0 Å². The van der Waals surface area contributed by atoms with Gasteiger partial charge < -0.3 is 5.32 Å². The minimum absolute atomic E-state index is 0.0653. The Morgan fingerprint density at radius 1 is 1.37 bits per heavy atom. The Hall–Kier alpha value is -0.670. The Morgan fingerprint density at radius 2 is 2.11 bits per heavy atom. The number of nitrogens with one attached hydrogen (secondary N) is 1. The molecule has 0 atom stereocenters. The summed E-state index contributed by atoms with van der Waals surface area (Å²) in [4.78, 5) is 11.9. The van der Waals surface area contributed by atoms with Gasteiger partial charge in [0.25, 0.3) is 0 Å². The average Bonchev–Trinajstić information content (AvgIpc) is 2.42. The van der Waals surface area contributed by atoms with Crippen LogP contribution in [0.15, 0.2) is 18.2 Å². The fraction of sp³-hybridized carbons (Fsp3) is 0.533. The van der Waals surface area contributed by atoms with Crippen molar-refractivity contribution in [1.82, 2.24) is 0 Å². The Labute approximate surface area is 124 Å². The van der Waals surface area contributed by atoms with Crippen LogP contribution in [-0.4, -0.2) is 16.9 Å². The molecular formula is C15H20ClNOS. The lowest BCUT2D eigenvalue weighted by molar-refractivity contribution is -0.113. The van der Waals surface area contributed by atoms with Gasteiger partial charge in [-0.05, 0) is 37.5 Å². The zero-order valence-corrected chi connectivity index (χ0v) is 12.8. The normalized spacial score (nSPS) is 16.3. The number of hydrogen-bond donors (Lipinski definition) is 1. The maximum absolute atomic E-state index is 11.9. The molecule has 1 aliphatic rings. The molecule has 1 aromatic carbocycles. The molecule has 0 unspecified atom stereocenters. The van der Waals surface area contributed by atoms with Crippen LogP contribution < -0.4 is 5.32 Å². The second kappa shape index (κ2) is 7.20. The monoisotopic (exact) mass is 297 g/mol. The summed E-state index contributed by atoms with van der Waals surface area (Å²) in [6.45, 7) is 1.95. The van der Waals surface area contributed by atoms with Crippen LogP contribution in [0.3, 0.4) is 0 Å². The number of carbonyl (C=O) groups excluding carboxylic acids is 1. The van der Waals surface area contributed by atoms with Gasteiger partial charge in [0, 0.05) is 16.0 Å². The highest BCUT2D eigenvalue weighted by Crippen LogP contribution is 2.28. The van der Waals surface area contributed by atoms with Gasteiger partial charge in [0.2, 0.25) is 5.91 Å². The summed E-state index contributed by atoms with van der Waals surface area (Å²) in [6, 6.07) is 5.62. The number of amides is 1. The van der Waals surface area contributed by atoms with Gasteiger partial charge in [0.05, 0.1) is 5.75 Å². The Morgan fingerprint density at radius 3 is 2.79 bits per heavy atom. The number of rotatable bonds is 4. The maximum Gasteiger partial charge on any atom is 0.234 e. The third-order valence-corrected chi connectivity index (χ3v) is 5.24. The molecule has 1 aromatic rings. The second-order valence-corrected chi connectivity index (χ2v) is 6.78. The van der Waals surface area contributed by atoms with E-state index in [2.05, 4.69) is 5.32 Å². The molecule has 1 saturated carbocycles. The van der Waals surface area contributed by atoms with E-state index >= 15 is 0 Å². The molecule has 0 aromatic heterocycles. The standard InChI is InChI=1S/C15H20ClNOS/c1-11-7-8-12(9-14(11)16)17-15(18)10-19-13-5-3-2-4-6-13/h7-9,13H,2-6,10H2,1H3,(H,17,18). The molecule has 1 N–H and O–H groups in total. The van der Waals surface area contributed by atoms with Gasteiger partial charge in [-0.25, -0.2) is 0 Å². The number of benzene rings is 1. The largest absolute Gasteiger partial charge is 0.325 e. The Kier molecular flexibility index (Phi) is 5.59. The molecular weight excluding hydrogens is 278 g/mol. The fourth-order valence-electron chi connectivity index (χ4n) is 2.29. The molecule has 2 rings (SSSR count). The highest BCUT2D eigenvalue weighted by Gasteiger charge is 2.15. The molecule has 0 spiro atoms. The molecule has 19 heavy (non-hydrogen) atoms. The van der Waals surface area contributed by atoms with E-state index in [0.29, 0.717) is 16.0 Å². The van der Waals surface area contributed by atoms with Crippen LogP contribution in [0.5, 0.6) is 0 Å². The summed E-state index contributed by atoms with van der Waals surface area (Å²) in [7, 11) is 0. The summed E-state index contributed by atoms with van der Waals surface area (Å²) in [5.74, 6) is 0.603. The minimum Gasteiger partial charge on any atom is -0.325 e. The molecule has 0 radical (unpaired) electrons. The Bertz CT molecular complexity index is 444. The number of anilines is 1. The average molecular weight is 298 g/mol. The first kappa shape index (κ1) is 14.7. The minimum atomic E-state index is 0.0653. The smallest absolute Gasteiger partial charge is 0.234 e. The van der Waals surface area contributed by atoms with Crippen LogP contribution >= 0.6 is 23.4 Å². The van der Waals surface area contributed by atoms with Crippen molar-refractivity contribution < 1.29 is 4.79 Å². The van der Waals surface area contributed by atoms with Gasteiger partial charge in [-0.1, -0.05) is 36.9 Å². The van der Waals surface area contributed by atoms with Gasteiger partial charge in [0.15, 0.2) is 0 Å². The van der Waals surface area contributed by atoms with Gasteiger partial charge in [0.1, 0.15) is 0 Å². The van der Waals surface area contributed by atoms with Gasteiger partial charge in [-0.15, -0.1) is 11.8 Å². The molecule has 1 aliphatic carbocycles. The molecule has 0 bridgehead atoms. The lowest BCUT2D eigenvalue weighted by atomic mass is 10.0. The summed E-state index contributed by atoms with van der Waals surface area (Å²) in [5, 5.41) is 4.27. The van der Waals surface area contributed by atoms with Crippen molar-refractivity contribution in [3.63, 3.8) is 0 Å². The zero-order valence-electron chi connectivity index (χ0n) is 11.2. The number of aryl methyl sites for hydroxylation is 1. The Balaban J connectivity index is 1.78. The summed E-state index contributed by atoms with van der Waals surface area (Å²) in [6.07, 6.45) is 6.49. The van der Waals surface area contributed by atoms with E-state index in [0.717, 1.165) is 11.3 Å². The van der Waals surface area contributed by atoms with Crippen LogP contribution in [0.4, 0.5) is 5.69 Å². The van der Waals surface area contributed by atoms with E-state index in [1.54, 1.807) is 17.8 Å². The van der Waals surface area contributed by atoms with Crippen molar-refractivity contribution in [1.29, 1.82) is 0 Å². The van der Waals surface area contributed by atoms with Crippen molar-refractivity contribution in [3.05, 3.63) is 28.8 Å². The van der Waals surface area contributed by atoms with E-state index < -0.39 is 0 Å². The molecule has 1 fully saturated rings. The van der Waals surface area contributed by atoms with E-state index in [1.165, 1.54) is 32.1 Å². The number of hydrogen-bond acceptors (Lipinski definition) is 2.